The van der Waals surface area contributed by atoms with E-state index < -0.39 is 11.1 Å². The van der Waals surface area contributed by atoms with E-state index in [9.17, 15) is 8.76 Å². The number of rotatable bonds is 28. The summed E-state index contributed by atoms with van der Waals surface area (Å²) in [5.41, 5.74) is 0.250. The van der Waals surface area contributed by atoms with Crippen molar-refractivity contribution >= 4 is 11.1 Å². The van der Waals surface area contributed by atoms with Crippen LogP contribution in [-0.4, -0.2) is 14.2 Å². The Balaban J connectivity index is -0.0000000874. The van der Waals surface area contributed by atoms with Crippen molar-refractivity contribution in [3.05, 3.63) is 97.2 Å². The van der Waals surface area contributed by atoms with E-state index in [0.29, 0.717) is 4.90 Å². The molecule has 1 atom stereocenters. The maximum atomic E-state index is 10.2. The molecule has 0 aliphatic heterocycles. The molecule has 0 aliphatic carbocycles. The second kappa shape index (κ2) is 73.7. The van der Waals surface area contributed by atoms with E-state index in [0.717, 1.165) is 19.3 Å². The van der Waals surface area contributed by atoms with E-state index >= 15 is 0 Å². The zero-order valence-corrected chi connectivity index (χ0v) is 42.5. The van der Waals surface area contributed by atoms with Gasteiger partial charge in [0.25, 0.3) is 0 Å². The molecule has 2 N–H and O–H groups in total. The molecule has 0 saturated carbocycles. The summed E-state index contributed by atoms with van der Waals surface area (Å²) in [7, 11) is 0. The monoisotopic (exact) mass is 868 g/mol. The van der Waals surface area contributed by atoms with Crippen molar-refractivity contribution < 1.29 is 36.0 Å². The van der Waals surface area contributed by atoms with Gasteiger partial charge in [0.1, 0.15) is 0 Å². The first-order valence-electron chi connectivity index (χ1n) is 23.1. The Hall–Kier alpha value is -0.776. The fraction of sp³-hybridized carbons (Fsp3) is 0.698. The Kier molecular flexibility index (Phi) is 94.9. The zero-order valence-electron chi connectivity index (χ0n) is 40.1. The first-order valence-corrected chi connectivity index (χ1v) is 24.1. The molecule has 5 heteroatoms. The Morgan fingerprint density at radius 3 is 0.828 bits per heavy atom. The van der Waals surface area contributed by atoms with Gasteiger partial charge in [0, 0.05) is 26.6 Å². The third-order valence-electron chi connectivity index (χ3n) is 8.00. The van der Waals surface area contributed by atoms with Gasteiger partial charge in [-0.15, -0.1) is 0 Å². The Morgan fingerprint density at radius 2 is 0.690 bits per heavy atom. The van der Waals surface area contributed by atoms with Crippen molar-refractivity contribution in [3.8, 4) is 0 Å². The van der Waals surface area contributed by atoms with Gasteiger partial charge in [-0.3, -0.25) is 4.21 Å². The number of hydrogen-bond donors (Lipinski definition) is 0. The van der Waals surface area contributed by atoms with Gasteiger partial charge >= 0.3 is 0 Å². The van der Waals surface area contributed by atoms with Crippen LogP contribution in [0.1, 0.15) is 234 Å². The summed E-state index contributed by atoms with van der Waals surface area (Å²) < 4.78 is 20.4. The van der Waals surface area contributed by atoms with Crippen LogP contribution in [0.4, 0.5) is 0 Å². The van der Waals surface area contributed by atoms with E-state index in [2.05, 4.69) is 96.2 Å². The second-order valence-corrected chi connectivity index (χ2v) is 16.7. The fourth-order valence-corrected chi connectivity index (χ4v) is 5.37. The summed E-state index contributed by atoms with van der Waals surface area (Å²) in [6, 6.07) is 8.23. The van der Waals surface area contributed by atoms with Crippen molar-refractivity contribution in [2.45, 2.75) is 239 Å². The van der Waals surface area contributed by atoms with Crippen LogP contribution in [-0.2, 0) is 32.8 Å². The summed E-state index contributed by atoms with van der Waals surface area (Å²) in [5.74, 6) is 0. The van der Waals surface area contributed by atoms with Crippen molar-refractivity contribution in [2.75, 3.05) is 0 Å². The minimum absolute atomic E-state index is 0. The van der Waals surface area contributed by atoms with E-state index in [-0.39, 0.29) is 32.6 Å². The topological polar surface area (TPSA) is 71.6 Å². The SMILES string of the molecule is C=C[CH2-].C=C[CH2-].O.O=S([O-])c1ccccc1.[CH2-]C(C)(C)C.[CH2-]CCCCCCCCCCC.[CH2-]CCCCCCCCCCC.[CH2-]CCCCCCCCCCC.[Ti]. The fourth-order valence-electron chi connectivity index (χ4n) is 4.99. The summed E-state index contributed by atoms with van der Waals surface area (Å²) in [4.78, 5) is 0.331. The van der Waals surface area contributed by atoms with Crippen LogP contribution < -0.4 is 0 Å². The molecule has 0 amide bonds. The number of hydrogen-bond acceptors (Lipinski definition) is 2. The van der Waals surface area contributed by atoms with Crippen LogP contribution in [0.3, 0.4) is 0 Å². The molecule has 0 bridgehead atoms. The molecule has 0 saturated heterocycles. The molecule has 0 fully saturated rings. The first-order chi connectivity index (χ1) is 26.9. The molecule has 0 spiro atoms. The van der Waals surface area contributed by atoms with Gasteiger partial charge in [0.05, 0.1) is 0 Å². The van der Waals surface area contributed by atoms with Crippen LogP contribution in [0.2, 0.25) is 0 Å². The Bertz CT molecular complexity index is 705. The minimum Gasteiger partial charge on any atom is -0.768 e. The van der Waals surface area contributed by atoms with Crippen molar-refractivity contribution in [2.24, 2.45) is 5.41 Å². The Labute approximate surface area is 386 Å². The van der Waals surface area contributed by atoms with Crippen LogP contribution >= 0.6 is 0 Å². The van der Waals surface area contributed by atoms with Crippen molar-refractivity contribution in [3.63, 3.8) is 0 Å². The number of benzene rings is 1. The van der Waals surface area contributed by atoms with Crippen LogP contribution in [0.15, 0.2) is 60.5 Å². The van der Waals surface area contributed by atoms with Gasteiger partial charge in [-0.25, -0.2) is 39.2 Å². The Morgan fingerprint density at radius 1 is 0.517 bits per heavy atom. The first kappa shape index (κ1) is 74.7. The van der Waals surface area contributed by atoms with Crippen molar-refractivity contribution in [1.82, 2.24) is 0 Å². The average molecular weight is 868 g/mol. The van der Waals surface area contributed by atoms with Crippen molar-refractivity contribution in [1.29, 1.82) is 0 Å². The zero-order chi connectivity index (χ0) is 43.8. The molecule has 0 heterocycles. The molecule has 1 aromatic rings. The van der Waals surface area contributed by atoms with E-state index in [1.165, 1.54) is 186 Å². The van der Waals surface area contributed by atoms with Crippen LogP contribution in [0, 0.1) is 47.0 Å². The molecule has 0 radical (unpaired) electrons. The van der Waals surface area contributed by atoms with E-state index in [4.69, 9.17) is 0 Å². The standard InChI is InChI=1S/3C12H25.C6H6O2S.C5H11.2C3H5.H2O.Ti/c3*1-3-5-7-9-11-12-10-8-6-4-2;7-9(8)6-4-2-1-3-5-6;1-5(2,3)4;2*1-3-2;;/h3*1,3-12H2,2H3;1-5H,(H,7,8);1H2,2-4H3;2*3H,1-2H2;1H2;/q3*-1;;3*-1;;/p-1. The second-order valence-electron chi connectivity index (χ2n) is 15.7. The third kappa shape index (κ3) is 111. The molecule has 1 unspecified atom stereocenters. The molecule has 0 aliphatic rings. The summed E-state index contributed by atoms with van der Waals surface area (Å²) in [5, 5.41) is 0. The van der Waals surface area contributed by atoms with Gasteiger partial charge in [0.2, 0.25) is 0 Å². The molecule has 1 aromatic carbocycles. The molecular formula is C53H103O3STi-7. The minimum atomic E-state index is -2.08. The third-order valence-corrected chi connectivity index (χ3v) is 8.65. The molecule has 58 heavy (non-hydrogen) atoms. The predicted octanol–water partition coefficient (Wildman–Crippen LogP) is 18.2. The maximum Gasteiger partial charge on any atom is 0.0248 e. The van der Waals surface area contributed by atoms with Gasteiger partial charge in [-0.05, 0) is 23.2 Å². The van der Waals surface area contributed by atoms with E-state index in [1.807, 2.05) is 0 Å². The van der Waals surface area contributed by atoms with Crippen LogP contribution in [0.25, 0.3) is 0 Å². The molecule has 1 rings (SSSR count). The van der Waals surface area contributed by atoms with Gasteiger partial charge < -0.3 is 37.7 Å². The molecule has 0 aromatic heterocycles. The summed E-state index contributed by atoms with van der Waals surface area (Å²) >= 11 is -2.08. The normalized spacial score (nSPS) is 9.98. The summed E-state index contributed by atoms with van der Waals surface area (Å²) in [6.07, 6.45) is 44.7. The predicted molar refractivity (Wildman–Crippen MR) is 265 cm³/mol. The number of unbranched alkanes of at least 4 members (excludes halogenated alkanes) is 27. The molecule has 3 nitrogen and oxygen atoms in total. The molecular weight excluding hydrogens is 765 g/mol. The maximum absolute atomic E-state index is 10.2. The largest absolute Gasteiger partial charge is 0.768 e. The van der Waals surface area contributed by atoms with Gasteiger partial charge in [0.15, 0.2) is 0 Å². The van der Waals surface area contributed by atoms with Gasteiger partial charge in [-0.1, -0.05) is 233 Å². The van der Waals surface area contributed by atoms with E-state index in [1.54, 1.807) is 30.3 Å². The van der Waals surface area contributed by atoms with Gasteiger partial charge in [-0.2, -0.15) is 24.7 Å². The van der Waals surface area contributed by atoms with Crippen LogP contribution in [0.5, 0.6) is 0 Å². The average Bonchev–Trinajstić information content (AvgIpc) is 3.16. The summed E-state index contributed by atoms with van der Waals surface area (Å²) in [6.45, 7) is 41.3. The molecule has 350 valence electrons. The number of allylic oxidation sites excluding steroid dienone is 2. The smallest absolute Gasteiger partial charge is 0.0248 e. The quantitative estimate of drug-likeness (QED) is 0.0364.